The number of fused-ring (bicyclic) bond motifs is 3. The van der Waals surface area contributed by atoms with Crippen LogP contribution < -0.4 is 5.32 Å². The van der Waals surface area contributed by atoms with Gasteiger partial charge in [-0.25, -0.2) is 4.79 Å². The highest BCUT2D eigenvalue weighted by Crippen LogP contribution is 2.37. The number of hydrogen-bond donors (Lipinski definition) is 1. The molecule has 0 spiro atoms. The summed E-state index contributed by atoms with van der Waals surface area (Å²) in [5, 5.41) is 3.37. The van der Waals surface area contributed by atoms with E-state index in [1.54, 1.807) is 11.3 Å². The fourth-order valence-electron chi connectivity index (χ4n) is 5.52. The first-order chi connectivity index (χ1) is 17.0. The fraction of sp³-hybridized carbons (Fsp3) is 0.379. The molecule has 3 fully saturated rings. The summed E-state index contributed by atoms with van der Waals surface area (Å²) in [5.41, 5.74) is 1.76. The number of aryl methyl sites for hydroxylation is 1. The summed E-state index contributed by atoms with van der Waals surface area (Å²) < 4.78 is 6.95. The largest absolute Gasteiger partial charge is 0.454 e. The lowest BCUT2D eigenvalue weighted by molar-refractivity contribution is -0.938. The number of nitrogens with one attached hydrogen (secondary N) is 1. The van der Waals surface area contributed by atoms with Crippen LogP contribution in [0, 0.1) is 5.92 Å². The Kier molecular flexibility index (Phi) is 7.02. The van der Waals surface area contributed by atoms with Crippen LogP contribution in [0.2, 0.25) is 0 Å². The van der Waals surface area contributed by atoms with Crippen LogP contribution in [0.5, 0.6) is 0 Å². The van der Waals surface area contributed by atoms with Crippen molar-refractivity contribution in [2.45, 2.75) is 38.3 Å². The van der Waals surface area contributed by atoms with Crippen molar-refractivity contribution in [3.05, 3.63) is 88.1 Å². The molecule has 6 heteroatoms. The Balaban J connectivity index is 1.30. The molecule has 1 N–H and O–H groups in total. The number of esters is 1. The number of para-hydroxylation sites is 1. The average Bonchev–Trinajstić information content (AvgIpc) is 3.39. The second-order valence-electron chi connectivity index (χ2n) is 9.84. The van der Waals surface area contributed by atoms with E-state index >= 15 is 0 Å². The summed E-state index contributed by atoms with van der Waals surface area (Å²) in [5.74, 6) is 0.331. The monoisotopic (exact) mass is 489 g/mol. The number of quaternary nitrogens is 1. The summed E-state index contributed by atoms with van der Waals surface area (Å²) in [6, 6.07) is 23.0. The SMILES string of the molecule is CCc1ccc(C(=O)C[N+]23CCC(CC2)[C@@H](OC(=O)[C@H](Nc2ccccc2)c2ccccc2)C3)s1. The smallest absolute Gasteiger partial charge is 0.333 e. The van der Waals surface area contributed by atoms with Gasteiger partial charge < -0.3 is 14.5 Å². The Morgan fingerprint density at radius 2 is 1.69 bits per heavy atom. The predicted octanol–water partition coefficient (Wildman–Crippen LogP) is 5.50. The van der Waals surface area contributed by atoms with Crippen LogP contribution in [0.15, 0.2) is 72.8 Å². The number of hydrogen-bond acceptors (Lipinski definition) is 5. The lowest BCUT2D eigenvalue weighted by Gasteiger charge is -2.51. The molecule has 5 nitrogen and oxygen atoms in total. The van der Waals surface area contributed by atoms with Gasteiger partial charge in [0, 0.05) is 29.3 Å². The van der Waals surface area contributed by atoms with E-state index < -0.39 is 6.04 Å². The number of nitrogens with zero attached hydrogens (tertiary/aromatic N) is 1. The van der Waals surface area contributed by atoms with Gasteiger partial charge >= 0.3 is 5.97 Å². The molecular weight excluding hydrogens is 456 g/mol. The number of thiophene rings is 1. The molecule has 35 heavy (non-hydrogen) atoms. The maximum Gasteiger partial charge on any atom is 0.333 e. The van der Waals surface area contributed by atoms with Crippen molar-refractivity contribution < 1.29 is 18.8 Å². The van der Waals surface area contributed by atoms with E-state index in [1.807, 2.05) is 66.7 Å². The molecule has 4 heterocycles. The molecule has 182 valence electrons. The Bertz CT molecular complexity index is 1150. The lowest BCUT2D eigenvalue weighted by atomic mass is 9.83. The van der Waals surface area contributed by atoms with Crippen LogP contribution >= 0.6 is 11.3 Å². The van der Waals surface area contributed by atoms with E-state index in [2.05, 4.69) is 18.3 Å². The van der Waals surface area contributed by atoms with Gasteiger partial charge in [0.2, 0.25) is 5.78 Å². The van der Waals surface area contributed by atoms with Crippen molar-refractivity contribution in [3.63, 3.8) is 0 Å². The second kappa shape index (κ2) is 10.3. The minimum absolute atomic E-state index is 0.156. The Morgan fingerprint density at radius 3 is 2.34 bits per heavy atom. The molecule has 1 aromatic heterocycles. The molecule has 3 aromatic rings. The van der Waals surface area contributed by atoms with Gasteiger partial charge in [-0.1, -0.05) is 55.5 Å². The Morgan fingerprint density at radius 1 is 1.00 bits per heavy atom. The normalized spacial score (nSPS) is 24.0. The van der Waals surface area contributed by atoms with Crippen LogP contribution in [0.4, 0.5) is 5.69 Å². The minimum atomic E-state index is -0.581. The van der Waals surface area contributed by atoms with Gasteiger partial charge in [0.25, 0.3) is 0 Å². The molecule has 3 saturated heterocycles. The van der Waals surface area contributed by atoms with Crippen LogP contribution in [-0.2, 0) is 16.0 Å². The van der Waals surface area contributed by atoms with E-state index in [4.69, 9.17) is 4.74 Å². The molecule has 2 bridgehead atoms. The fourth-order valence-corrected chi connectivity index (χ4v) is 6.40. The van der Waals surface area contributed by atoms with E-state index in [0.717, 1.165) is 59.5 Å². The van der Waals surface area contributed by atoms with Crippen molar-refractivity contribution in [3.8, 4) is 0 Å². The minimum Gasteiger partial charge on any atom is -0.454 e. The van der Waals surface area contributed by atoms with E-state index in [9.17, 15) is 9.59 Å². The number of piperidine rings is 3. The second-order valence-corrected chi connectivity index (χ2v) is 11.0. The molecule has 0 radical (unpaired) electrons. The summed E-state index contributed by atoms with van der Waals surface area (Å²) in [4.78, 5) is 28.7. The van der Waals surface area contributed by atoms with Gasteiger partial charge in [0.05, 0.1) is 18.0 Å². The quantitative estimate of drug-likeness (QED) is 0.245. The average molecular weight is 490 g/mol. The zero-order valence-electron chi connectivity index (χ0n) is 20.2. The molecule has 2 atom stereocenters. The third-order valence-electron chi connectivity index (χ3n) is 7.53. The third-order valence-corrected chi connectivity index (χ3v) is 8.80. The summed E-state index contributed by atoms with van der Waals surface area (Å²) in [6.45, 7) is 5.31. The standard InChI is InChI=1S/C29H33N2O3S/c1-2-24-13-14-27(35-24)25(32)19-31-17-15-21(16-18-31)26(20-31)34-29(33)28(22-9-5-3-6-10-22)30-23-11-7-4-8-12-23/h3-14,21,26,28,30H,2,15-20H2,1H3/q+1/t21?,26-,28+,31?/m0/s1. The van der Waals surface area contributed by atoms with Crippen LogP contribution in [0.1, 0.15) is 45.9 Å². The van der Waals surface area contributed by atoms with Gasteiger partial charge in [0.15, 0.2) is 12.1 Å². The first-order valence-electron chi connectivity index (χ1n) is 12.6. The summed E-state index contributed by atoms with van der Waals surface area (Å²) in [7, 11) is 0. The van der Waals surface area contributed by atoms with Crippen LogP contribution in [-0.4, -0.2) is 48.5 Å². The van der Waals surface area contributed by atoms with Gasteiger partial charge in [-0.3, -0.25) is 4.79 Å². The van der Waals surface area contributed by atoms with Crippen LogP contribution in [0.25, 0.3) is 0 Å². The number of Topliss-reactive ketones (excluding diaryl/α,β-unsaturated/α-hetero) is 1. The number of ketones is 1. The highest BCUT2D eigenvalue weighted by Gasteiger charge is 2.49. The van der Waals surface area contributed by atoms with Crippen LogP contribution in [0.3, 0.4) is 0 Å². The topological polar surface area (TPSA) is 55.4 Å². The van der Waals surface area contributed by atoms with Gasteiger partial charge in [-0.15, -0.1) is 11.3 Å². The number of carbonyl (C=O) groups excluding carboxylic acids is 2. The van der Waals surface area contributed by atoms with Gasteiger partial charge in [-0.05, 0) is 36.2 Å². The van der Waals surface area contributed by atoms with E-state index in [0.29, 0.717) is 12.5 Å². The first kappa shape index (κ1) is 23.8. The van der Waals surface area contributed by atoms with Gasteiger partial charge in [-0.2, -0.15) is 0 Å². The molecule has 0 unspecified atom stereocenters. The van der Waals surface area contributed by atoms with Crippen molar-refractivity contribution in [1.29, 1.82) is 0 Å². The van der Waals surface area contributed by atoms with Crippen molar-refractivity contribution in [2.75, 3.05) is 31.5 Å². The predicted molar refractivity (Wildman–Crippen MR) is 140 cm³/mol. The number of carbonyl (C=O) groups is 2. The van der Waals surface area contributed by atoms with Crippen molar-refractivity contribution in [2.24, 2.45) is 5.92 Å². The Labute approximate surface area is 211 Å². The lowest BCUT2D eigenvalue weighted by Crippen LogP contribution is -2.65. The highest BCUT2D eigenvalue weighted by molar-refractivity contribution is 7.14. The molecule has 0 saturated carbocycles. The molecule has 6 rings (SSSR count). The number of ether oxygens (including phenoxy) is 1. The van der Waals surface area contributed by atoms with Gasteiger partial charge in [0.1, 0.15) is 13.1 Å². The van der Waals surface area contributed by atoms with E-state index in [-0.39, 0.29) is 17.9 Å². The zero-order valence-corrected chi connectivity index (χ0v) is 21.0. The zero-order chi connectivity index (χ0) is 24.3. The molecule has 2 aromatic carbocycles. The molecule has 0 amide bonds. The number of benzene rings is 2. The summed E-state index contributed by atoms with van der Waals surface area (Å²) >= 11 is 1.61. The van der Waals surface area contributed by atoms with E-state index in [1.165, 1.54) is 4.88 Å². The number of rotatable bonds is 9. The molecule has 3 aliphatic rings. The maximum absolute atomic E-state index is 13.5. The molecular formula is C29H33N2O3S+. The molecule has 3 aliphatic heterocycles. The third kappa shape index (κ3) is 5.34. The maximum atomic E-state index is 13.5. The highest BCUT2D eigenvalue weighted by atomic mass is 32.1. The number of anilines is 1. The molecule has 0 aliphatic carbocycles. The van der Waals surface area contributed by atoms with Crippen molar-refractivity contribution in [1.82, 2.24) is 0 Å². The summed E-state index contributed by atoms with van der Waals surface area (Å²) in [6.07, 6.45) is 2.80. The van der Waals surface area contributed by atoms with Crippen molar-refractivity contribution >= 4 is 28.8 Å². The first-order valence-corrected chi connectivity index (χ1v) is 13.4. The Hall–Kier alpha value is -2.96.